The number of unbranched alkanes of at least 4 members (excludes halogenated alkanes) is 38. The van der Waals surface area contributed by atoms with Crippen molar-refractivity contribution in [3.05, 3.63) is 0 Å². The number of hydrogen-bond donors (Lipinski definition) is 0. The number of nitrogens with zero attached hydrogens (tertiary/aromatic N) is 2. The Morgan fingerprint density at radius 2 is 0.478 bits per heavy atom. The average Bonchev–Trinajstić information content (AvgIpc) is 3.26. The zero-order chi connectivity index (χ0) is 49.3. The molecule has 396 valence electrons. The minimum Gasteiger partial charge on any atom is -0.748 e. The van der Waals surface area contributed by atoms with Crippen molar-refractivity contribution in [2.75, 3.05) is 38.7 Å². The van der Waals surface area contributed by atoms with Crippen LogP contribution in [0.5, 0.6) is 0 Å². The molecule has 13 heteroatoms. The van der Waals surface area contributed by atoms with Gasteiger partial charge in [0.25, 0.3) is 0 Å². The van der Waals surface area contributed by atoms with Gasteiger partial charge >= 0.3 is 37.7 Å². The number of carbonyl (C=O) groups is 2. The molecule has 0 fully saturated rings. The summed E-state index contributed by atoms with van der Waals surface area (Å²) in [4.78, 5) is 27.1. The van der Waals surface area contributed by atoms with E-state index in [1.807, 2.05) is 0 Å². The smallest absolute Gasteiger partial charge is 0.748 e. The number of amides is 2. The van der Waals surface area contributed by atoms with Gasteiger partial charge in [-0.3, -0.25) is 9.59 Å². The van der Waals surface area contributed by atoms with Crippen molar-refractivity contribution in [1.29, 1.82) is 0 Å². The maximum Gasteiger partial charge on any atom is 2.00 e. The molecule has 0 aliphatic carbocycles. The Morgan fingerprint density at radius 3 is 0.642 bits per heavy atom. The Labute approximate surface area is 446 Å². The van der Waals surface area contributed by atoms with Gasteiger partial charge in [0.15, 0.2) is 0 Å². The maximum absolute atomic E-state index is 12.0. The molecule has 0 aromatic rings. The van der Waals surface area contributed by atoms with Crippen molar-refractivity contribution in [1.82, 2.24) is 9.80 Å². The first-order chi connectivity index (χ1) is 31.7. The predicted molar refractivity (Wildman–Crippen MR) is 285 cm³/mol. The first-order valence-corrected chi connectivity index (χ1v) is 31.2. The molecule has 2 amide bonds. The van der Waals surface area contributed by atoms with E-state index >= 15 is 0 Å². The first kappa shape index (κ1) is 71.3. The van der Waals surface area contributed by atoms with E-state index in [-0.39, 0.29) is 62.4 Å². The monoisotopic (exact) mass is 1020 g/mol. The second-order valence-electron chi connectivity index (χ2n) is 19.8. The summed E-state index contributed by atoms with van der Waals surface area (Å²) < 4.78 is 63.5. The summed E-state index contributed by atoms with van der Waals surface area (Å²) in [5.41, 5.74) is 0. The predicted octanol–water partition coefficient (Wildman–Crippen LogP) is 14.8. The Balaban J connectivity index is -0.00000120. The molecule has 0 aromatic heterocycles. The van der Waals surface area contributed by atoms with E-state index in [0.717, 1.165) is 25.7 Å². The van der Waals surface area contributed by atoms with Crippen molar-refractivity contribution < 1.29 is 35.5 Å². The third kappa shape index (κ3) is 62.1. The van der Waals surface area contributed by atoms with Crippen LogP contribution >= 0.6 is 0 Å². The van der Waals surface area contributed by atoms with Crippen LogP contribution in [0.4, 0.5) is 0 Å². The van der Waals surface area contributed by atoms with Crippen molar-refractivity contribution in [3.63, 3.8) is 0 Å². The normalized spacial score (nSPS) is 11.6. The molecular weight excluding hydrogens is 909 g/mol. The molecule has 0 saturated heterocycles. The number of hydrogen-bond acceptors (Lipinski definition) is 8. The maximum atomic E-state index is 12.0. The molecule has 67 heavy (non-hydrogen) atoms. The van der Waals surface area contributed by atoms with Crippen molar-refractivity contribution in [2.24, 2.45) is 0 Å². The van der Waals surface area contributed by atoms with E-state index in [1.165, 1.54) is 231 Å². The van der Waals surface area contributed by atoms with E-state index in [2.05, 4.69) is 13.8 Å². The topological polar surface area (TPSA) is 155 Å². The summed E-state index contributed by atoms with van der Waals surface area (Å²) in [5, 5.41) is 0. The van der Waals surface area contributed by atoms with Crippen molar-refractivity contribution >= 4 is 69.8 Å². The molecule has 0 aliphatic rings. The molecule has 0 bridgehead atoms. The summed E-state index contributed by atoms with van der Waals surface area (Å²) in [6, 6.07) is 0. The van der Waals surface area contributed by atoms with Crippen LogP contribution in [0.2, 0.25) is 0 Å². The summed E-state index contributed by atoms with van der Waals surface area (Å²) in [6.45, 7) is 5.22. The summed E-state index contributed by atoms with van der Waals surface area (Å²) in [5.74, 6) is -0.713. The van der Waals surface area contributed by atoms with Gasteiger partial charge in [-0.15, -0.1) is 0 Å². The van der Waals surface area contributed by atoms with Crippen molar-refractivity contribution in [2.45, 2.75) is 296 Å². The van der Waals surface area contributed by atoms with Gasteiger partial charge in [0.1, 0.15) is 0 Å². The molecule has 0 N–H and O–H groups in total. The van der Waals surface area contributed by atoms with Crippen LogP contribution in [-0.4, -0.2) is 124 Å². The summed E-state index contributed by atoms with van der Waals surface area (Å²) >= 11 is 0. The van der Waals surface area contributed by atoms with Gasteiger partial charge in [-0.1, -0.05) is 258 Å². The van der Waals surface area contributed by atoms with Gasteiger partial charge in [0.2, 0.25) is 11.8 Å². The Kier molecular flexibility index (Phi) is 57.2. The molecule has 0 unspecified atom stereocenters. The number of carbonyl (C=O) groups excluding carboxylic acids is 2. The third-order valence-corrected chi connectivity index (χ3v) is 14.7. The minimum atomic E-state index is -4.18. The van der Waals surface area contributed by atoms with Gasteiger partial charge in [-0.05, 0) is 25.7 Å². The molecule has 0 aromatic carbocycles. The van der Waals surface area contributed by atoms with E-state index in [4.69, 9.17) is 0 Å². The molecule has 0 heterocycles. The quantitative estimate of drug-likeness (QED) is 0.0331. The zero-order valence-electron chi connectivity index (χ0n) is 44.6. The largest absolute Gasteiger partial charge is 2.00 e. The molecule has 0 spiro atoms. The van der Waals surface area contributed by atoms with Gasteiger partial charge < -0.3 is 18.9 Å². The van der Waals surface area contributed by atoms with Crippen LogP contribution in [0.1, 0.15) is 296 Å². The fourth-order valence-electron chi connectivity index (χ4n) is 8.65. The fourth-order valence-corrected chi connectivity index (χ4v) is 9.62. The second kappa shape index (κ2) is 53.8. The van der Waals surface area contributed by atoms with Gasteiger partial charge in [0, 0.05) is 51.5 Å². The average molecular weight is 1020 g/mol. The summed E-state index contributed by atoms with van der Waals surface area (Å²) in [6.07, 6.45) is 55.1. The first-order valence-electron chi connectivity index (χ1n) is 28.1. The van der Waals surface area contributed by atoms with Gasteiger partial charge in [-0.25, -0.2) is 16.8 Å². The molecule has 0 atom stereocenters. The van der Waals surface area contributed by atoms with E-state index in [1.54, 1.807) is 23.9 Å². The minimum absolute atomic E-state index is 0. The third-order valence-electron chi connectivity index (χ3n) is 13.1. The van der Waals surface area contributed by atoms with E-state index in [9.17, 15) is 35.5 Å². The Hall–Kier alpha value is 0.0197. The van der Waals surface area contributed by atoms with Crippen LogP contribution in [0, 0.1) is 0 Å². The van der Waals surface area contributed by atoms with Gasteiger partial charge in [0.05, 0.1) is 20.2 Å². The van der Waals surface area contributed by atoms with Crippen LogP contribution in [0.25, 0.3) is 0 Å². The second-order valence-corrected chi connectivity index (χ2v) is 22.8. The van der Waals surface area contributed by atoms with Crippen LogP contribution in [0.3, 0.4) is 0 Å². The Bertz CT molecular complexity index is 1180. The zero-order valence-corrected chi connectivity index (χ0v) is 48.5. The molecule has 0 rings (SSSR count). The molecule has 10 nitrogen and oxygen atoms in total. The van der Waals surface area contributed by atoms with E-state index in [0.29, 0.717) is 25.9 Å². The fraction of sp³-hybridized carbons (Fsp3) is 0.963. The molecular formula is C54H108CaN2O8S2. The van der Waals surface area contributed by atoms with E-state index < -0.39 is 31.7 Å². The molecule has 0 saturated carbocycles. The Morgan fingerprint density at radius 1 is 0.313 bits per heavy atom. The van der Waals surface area contributed by atoms with Crippen LogP contribution in [0.15, 0.2) is 0 Å². The molecule has 0 radical (unpaired) electrons. The van der Waals surface area contributed by atoms with Gasteiger partial charge in [-0.2, -0.15) is 0 Å². The summed E-state index contributed by atoms with van der Waals surface area (Å²) in [7, 11) is -5.01. The van der Waals surface area contributed by atoms with Crippen LogP contribution in [-0.2, 0) is 29.8 Å². The molecule has 0 aliphatic heterocycles. The SMILES string of the molecule is CCCCCCCCCCCCCCCCCCCCCCC(=O)N(C)CCCS(=O)(=O)[O-].CCCCCCCCCCCCCCCCCCCCCCC(=O)N(C)CCCS(=O)(=O)[O-].[Ca+2]. The van der Waals surface area contributed by atoms with Crippen molar-refractivity contribution in [3.8, 4) is 0 Å². The van der Waals surface area contributed by atoms with Crippen LogP contribution < -0.4 is 0 Å². The number of rotatable bonds is 50. The standard InChI is InChI=1S/2C27H55NO4S.Ca/c2*1-3-4-5-6-7-8-9-10-11-12-13-14-15-16-17-18-19-20-21-22-24-27(29)28(2)25-23-26-33(30,31)32;/h2*3-26H2,1-2H3,(H,30,31,32);/q;;+2/p-2.